The van der Waals surface area contributed by atoms with Gasteiger partial charge in [-0.2, -0.15) is 4.31 Å². The van der Waals surface area contributed by atoms with E-state index < -0.39 is 50.7 Å². The molecule has 0 aromatic carbocycles. The zero-order chi connectivity index (χ0) is 21.2. The van der Waals surface area contributed by atoms with Gasteiger partial charge in [0.05, 0.1) is 6.61 Å². The minimum Gasteiger partial charge on any atom is -0.477 e. The van der Waals surface area contributed by atoms with Crippen LogP contribution in [0.2, 0.25) is 0 Å². The van der Waals surface area contributed by atoms with Crippen LogP contribution in [-0.2, 0) is 31.3 Å². The molecule has 10 nitrogen and oxygen atoms in total. The fraction of sp³-hybridized carbons (Fsp3) is 0.562. The number of nitrogens with zero attached hydrogens (tertiary/aromatic N) is 2. The summed E-state index contributed by atoms with van der Waals surface area (Å²) in [6, 6.07) is 0.919. The number of likely N-dealkylation sites (N-methyl/N-ethyl adjacent to an activating group) is 1. The number of hydrogen-bond donors (Lipinski definition) is 1. The van der Waals surface area contributed by atoms with Gasteiger partial charge in [0.1, 0.15) is 28.4 Å². The Morgan fingerprint density at radius 2 is 1.81 bits per heavy atom. The topological polar surface area (TPSA) is 132 Å². The highest BCUT2D eigenvalue weighted by Gasteiger charge is 2.34. The van der Waals surface area contributed by atoms with E-state index in [1.807, 2.05) is 0 Å². The van der Waals surface area contributed by atoms with Crippen molar-refractivity contribution in [2.75, 3.05) is 20.2 Å². The van der Waals surface area contributed by atoms with Gasteiger partial charge in [-0.05, 0) is 33.8 Å². The normalized spacial score (nSPS) is 12.1. The van der Waals surface area contributed by atoms with Crippen molar-refractivity contribution in [3.8, 4) is 0 Å². The molecule has 0 fully saturated rings. The summed E-state index contributed by atoms with van der Waals surface area (Å²) in [6.45, 7) is 5.86. The molecular formula is C16H24N2O8S. The van der Waals surface area contributed by atoms with Crippen molar-refractivity contribution >= 4 is 27.9 Å². The largest absolute Gasteiger partial charge is 0.477 e. The van der Waals surface area contributed by atoms with Gasteiger partial charge >= 0.3 is 17.9 Å². The second-order valence-corrected chi connectivity index (χ2v) is 8.69. The number of esters is 2. The van der Waals surface area contributed by atoms with E-state index in [4.69, 9.17) is 9.47 Å². The van der Waals surface area contributed by atoms with Gasteiger partial charge in [-0.1, -0.05) is 0 Å². The standard InChI is InChI=1S/C16H24N2O8S/c1-7-25-15(22)10-8-11(13(14(20)21)18(10)6)27(23,24)17(5)9-12(19)26-16(2,3)4/h8H,7,9H2,1-6H3,(H,20,21). The lowest BCUT2D eigenvalue weighted by molar-refractivity contribution is -0.154. The van der Waals surface area contributed by atoms with Crippen molar-refractivity contribution in [2.24, 2.45) is 7.05 Å². The van der Waals surface area contributed by atoms with Gasteiger partial charge in [-0.3, -0.25) is 4.79 Å². The van der Waals surface area contributed by atoms with Gasteiger partial charge in [-0.15, -0.1) is 0 Å². The highest BCUT2D eigenvalue weighted by Crippen LogP contribution is 2.24. The average Bonchev–Trinajstić information content (AvgIpc) is 2.83. The Bertz CT molecular complexity index is 849. The van der Waals surface area contributed by atoms with Crippen molar-refractivity contribution in [2.45, 2.75) is 38.2 Å². The number of carboxylic acid groups (broad SMARTS) is 1. The summed E-state index contributed by atoms with van der Waals surface area (Å²) in [5.41, 5.74) is -1.66. The van der Waals surface area contributed by atoms with E-state index in [2.05, 4.69) is 0 Å². The van der Waals surface area contributed by atoms with Crippen molar-refractivity contribution in [3.63, 3.8) is 0 Å². The lowest BCUT2D eigenvalue weighted by Gasteiger charge is -2.22. The van der Waals surface area contributed by atoms with Crippen molar-refractivity contribution in [3.05, 3.63) is 17.5 Å². The maximum absolute atomic E-state index is 12.8. The first-order chi connectivity index (χ1) is 12.2. The zero-order valence-corrected chi connectivity index (χ0v) is 16.9. The Labute approximate surface area is 157 Å². The van der Waals surface area contributed by atoms with Gasteiger partial charge in [0.25, 0.3) is 0 Å². The van der Waals surface area contributed by atoms with Gasteiger partial charge in [0, 0.05) is 14.1 Å². The van der Waals surface area contributed by atoms with Crippen LogP contribution in [0.25, 0.3) is 0 Å². The molecule has 1 N–H and O–H groups in total. The molecule has 1 heterocycles. The van der Waals surface area contributed by atoms with Crippen LogP contribution in [0.15, 0.2) is 11.0 Å². The number of rotatable bonds is 7. The van der Waals surface area contributed by atoms with Crippen LogP contribution in [-0.4, -0.2) is 66.1 Å². The van der Waals surface area contributed by atoms with Gasteiger partial charge < -0.3 is 19.1 Å². The summed E-state index contributed by atoms with van der Waals surface area (Å²) in [5.74, 6) is -3.21. The number of carbonyl (C=O) groups excluding carboxylic acids is 2. The second kappa shape index (κ2) is 8.09. The predicted molar refractivity (Wildman–Crippen MR) is 94.0 cm³/mol. The zero-order valence-electron chi connectivity index (χ0n) is 16.1. The van der Waals surface area contributed by atoms with Crippen LogP contribution in [0, 0.1) is 0 Å². The second-order valence-electron chi connectivity index (χ2n) is 6.67. The van der Waals surface area contributed by atoms with Gasteiger partial charge in [-0.25, -0.2) is 18.0 Å². The third-order valence-corrected chi connectivity index (χ3v) is 5.16. The SMILES string of the molecule is CCOC(=O)c1cc(S(=O)(=O)N(C)CC(=O)OC(C)(C)C)c(C(=O)O)n1C. The van der Waals surface area contributed by atoms with Crippen molar-refractivity contribution < 1.29 is 37.4 Å². The summed E-state index contributed by atoms with van der Waals surface area (Å²) in [5, 5.41) is 9.40. The third-order valence-electron chi connectivity index (χ3n) is 3.35. The molecular weight excluding hydrogens is 380 g/mol. The maximum atomic E-state index is 12.8. The first-order valence-corrected chi connectivity index (χ1v) is 9.44. The number of carbonyl (C=O) groups is 3. The van der Waals surface area contributed by atoms with Crippen LogP contribution in [0.1, 0.15) is 48.7 Å². The summed E-state index contributed by atoms with van der Waals surface area (Å²) in [4.78, 5) is 34.8. The minimum atomic E-state index is -4.39. The molecule has 0 bridgehead atoms. The fourth-order valence-electron chi connectivity index (χ4n) is 2.23. The maximum Gasteiger partial charge on any atom is 0.354 e. The first-order valence-electron chi connectivity index (χ1n) is 8.00. The quantitative estimate of drug-likeness (QED) is 0.662. The first kappa shape index (κ1) is 22.6. The summed E-state index contributed by atoms with van der Waals surface area (Å²) < 4.78 is 37.1. The molecule has 0 radical (unpaired) electrons. The average molecular weight is 404 g/mol. The van der Waals surface area contributed by atoms with Crippen LogP contribution in [0.3, 0.4) is 0 Å². The van der Waals surface area contributed by atoms with E-state index in [9.17, 15) is 27.9 Å². The molecule has 0 aliphatic carbocycles. The molecule has 0 atom stereocenters. The molecule has 0 aliphatic heterocycles. The number of ether oxygens (including phenoxy) is 2. The molecule has 0 unspecified atom stereocenters. The van der Waals surface area contributed by atoms with Crippen molar-refractivity contribution in [1.82, 2.24) is 8.87 Å². The Kier molecular flexibility index (Phi) is 6.78. The van der Waals surface area contributed by atoms with E-state index >= 15 is 0 Å². The molecule has 1 rings (SSSR count). The van der Waals surface area contributed by atoms with E-state index in [0.717, 1.165) is 17.7 Å². The molecule has 1 aromatic rings. The van der Waals surface area contributed by atoms with E-state index in [1.165, 1.54) is 7.05 Å². The van der Waals surface area contributed by atoms with E-state index in [1.54, 1.807) is 27.7 Å². The van der Waals surface area contributed by atoms with E-state index in [-0.39, 0.29) is 12.3 Å². The fourth-order valence-corrected chi connectivity index (χ4v) is 3.57. The Hall–Kier alpha value is -2.40. The molecule has 0 saturated heterocycles. The molecule has 0 amide bonds. The van der Waals surface area contributed by atoms with E-state index in [0.29, 0.717) is 4.31 Å². The highest BCUT2D eigenvalue weighted by atomic mass is 32.2. The number of carboxylic acids is 1. The van der Waals surface area contributed by atoms with Crippen LogP contribution in [0.5, 0.6) is 0 Å². The Morgan fingerprint density at radius 1 is 1.26 bits per heavy atom. The Morgan fingerprint density at radius 3 is 2.26 bits per heavy atom. The lowest BCUT2D eigenvalue weighted by Crippen LogP contribution is -2.36. The molecule has 0 saturated carbocycles. The molecule has 0 spiro atoms. The highest BCUT2D eigenvalue weighted by molar-refractivity contribution is 7.89. The number of sulfonamides is 1. The smallest absolute Gasteiger partial charge is 0.354 e. The molecule has 0 aliphatic rings. The molecule has 27 heavy (non-hydrogen) atoms. The molecule has 1 aromatic heterocycles. The predicted octanol–water partition coefficient (Wildman–Crippen LogP) is 0.862. The Balaban J connectivity index is 3.33. The summed E-state index contributed by atoms with van der Waals surface area (Å²) >= 11 is 0. The lowest BCUT2D eigenvalue weighted by atomic mass is 10.2. The van der Waals surface area contributed by atoms with Gasteiger partial charge in [0.2, 0.25) is 10.0 Å². The van der Waals surface area contributed by atoms with Crippen LogP contribution in [0.4, 0.5) is 0 Å². The molecule has 152 valence electrons. The third kappa shape index (κ3) is 5.30. The summed E-state index contributed by atoms with van der Waals surface area (Å²) in [6.07, 6.45) is 0. The monoisotopic (exact) mass is 404 g/mol. The summed E-state index contributed by atoms with van der Waals surface area (Å²) in [7, 11) is -2.04. The van der Waals surface area contributed by atoms with Gasteiger partial charge in [0.15, 0.2) is 0 Å². The van der Waals surface area contributed by atoms with Crippen LogP contribution >= 0.6 is 0 Å². The number of aromatic nitrogens is 1. The van der Waals surface area contributed by atoms with Crippen molar-refractivity contribution in [1.29, 1.82) is 0 Å². The number of hydrogen-bond acceptors (Lipinski definition) is 7. The van der Waals surface area contributed by atoms with Crippen LogP contribution < -0.4 is 0 Å². The minimum absolute atomic E-state index is 0.0348. The molecule has 11 heteroatoms. The number of aromatic carboxylic acids is 1.